The van der Waals surface area contributed by atoms with Crippen molar-refractivity contribution in [2.24, 2.45) is 21.5 Å². The van der Waals surface area contributed by atoms with Crippen molar-refractivity contribution in [3.63, 3.8) is 0 Å². The Kier molecular flexibility index (Phi) is 9.28. The maximum Gasteiger partial charge on any atom is 0.283 e. The van der Waals surface area contributed by atoms with Gasteiger partial charge < -0.3 is 30.4 Å². The minimum absolute atomic E-state index is 0.0164. The fourth-order valence-corrected chi connectivity index (χ4v) is 8.33. The van der Waals surface area contributed by atoms with Gasteiger partial charge in [-0.05, 0) is 73.0 Å². The van der Waals surface area contributed by atoms with Gasteiger partial charge in [-0.15, -0.1) is 0 Å². The zero-order valence-corrected chi connectivity index (χ0v) is 32.8. The average molecular weight is 878 g/mol. The summed E-state index contributed by atoms with van der Waals surface area (Å²) in [5.41, 5.74) is 14.3. The molecule has 0 radical (unpaired) electrons. The predicted molar refractivity (Wildman–Crippen MR) is 209 cm³/mol. The van der Waals surface area contributed by atoms with Crippen LogP contribution in [0.1, 0.15) is 75.6 Å². The monoisotopic (exact) mass is 875 g/mol. The number of Topliss-reactive ketones (excluding diaryl/α,β-unsaturated/α-hetero) is 1. The van der Waals surface area contributed by atoms with E-state index in [9.17, 15) is 9.18 Å². The maximum absolute atomic E-state index is 15.1. The Morgan fingerprint density at radius 3 is 2.02 bits per heavy atom. The van der Waals surface area contributed by atoms with Crippen LogP contribution in [-0.4, -0.2) is 46.0 Å². The normalized spacial score (nSPS) is 21.1. The van der Waals surface area contributed by atoms with E-state index < -0.39 is 23.0 Å². The molecule has 1 aliphatic carbocycles. The summed E-state index contributed by atoms with van der Waals surface area (Å²) in [6.45, 7) is 0.664. The van der Waals surface area contributed by atoms with Gasteiger partial charge in [-0.3, -0.25) is 9.78 Å². The van der Waals surface area contributed by atoms with Crippen LogP contribution >= 0.6 is 39.1 Å². The number of carbonyl (C=O) groups is 1. The highest BCUT2D eigenvalue weighted by Gasteiger charge is 2.48. The lowest BCUT2D eigenvalue weighted by atomic mass is 9.77. The minimum atomic E-state index is -0.990. The van der Waals surface area contributed by atoms with Crippen molar-refractivity contribution in [2.45, 2.75) is 49.1 Å². The summed E-state index contributed by atoms with van der Waals surface area (Å²) in [5.74, 6) is -0.307. The van der Waals surface area contributed by atoms with Crippen LogP contribution in [-0.2, 0) is 27.0 Å². The molecule has 17 heteroatoms. The van der Waals surface area contributed by atoms with E-state index in [4.69, 9.17) is 58.6 Å². The second-order valence-corrected chi connectivity index (χ2v) is 15.8. The molecule has 10 rings (SSSR count). The standard InChI is InChI=1S/C25H20ClFN4O3.C15H10BrClFN3O2/c26-15-4-5-18(29-12-15)20(32)10-13-1-6-21-16(9-13)25(7-8-33-24(28)31-25)17-11-19(14-2-3-14)30-23(27)22(17)34-21;16-7-1-2-10-8(5-7)15(3-4-22-14(19)21-15)9-6-11(17)20-13(18)12(9)23-10/h1,4-6,9,11-12,14H,2-3,7-8,10H2,(H2,28,31);1-2,5-6H,3-4H2,(H2,19,21)/t25-;15-/m00/s1. The number of ether oxygens (including phenoxy) is 4. The number of nitrogens with two attached hydrogens (primary N) is 2. The van der Waals surface area contributed by atoms with Crippen molar-refractivity contribution in [2.75, 3.05) is 13.2 Å². The third-order valence-corrected chi connectivity index (χ3v) is 11.4. The predicted octanol–water partition coefficient (Wildman–Crippen LogP) is 8.38. The smallest absolute Gasteiger partial charge is 0.283 e. The van der Waals surface area contributed by atoms with Gasteiger partial charge in [0.15, 0.2) is 17.3 Å². The first-order valence-electron chi connectivity index (χ1n) is 17.9. The Balaban J connectivity index is 0.000000160. The topological polar surface area (TPSA) is 169 Å². The van der Waals surface area contributed by atoms with Gasteiger partial charge in [0.1, 0.15) is 33.4 Å². The lowest BCUT2D eigenvalue weighted by molar-refractivity contribution is 0.0988. The van der Waals surface area contributed by atoms with E-state index in [-0.39, 0.29) is 46.8 Å². The number of hydrogen-bond acceptors (Lipinski definition) is 12. The van der Waals surface area contributed by atoms with Crippen LogP contribution in [0, 0.1) is 11.9 Å². The summed E-state index contributed by atoms with van der Waals surface area (Å²) in [7, 11) is 0. The number of carbonyl (C=O) groups excluding carboxylic acids is 1. The SMILES string of the molecule is NC1=N[C@@]2(CCO1)c1cc(Br)ccc1Oc1c2cc(Cl)nc1F.NC1=N[C@@]2(CCO1)c1cc(CC(=O)c3ccc(Cl)cn3)ccc1Oc1c2cc(C2CC2)nc1F. The Morgan fingerprint density at radius 1 is 0.789 bits per heavy atom. The van der Waals surface area contributed by atoms with Gasteiger partial charge in [0.25, 0.3) is 23.9 Å². The third kappa shape index (κ3) is 6.70. The molecule has 1 fully saturated rings. The number of pyridine rings is 3. The highest BCUT2D eigenvalue weighted by molar-refractivity contribution is 9.10. The second kappa shape index (κ2) is 14.2. The summed E-state index contributed by atoms with van der Waals surface area (Å²) >= 11 is 15.3. The van der Waals surface area contributed by atoms with E-state index in [0.717, 1.165) is 28.4 Å². The fourth-order valence-electron chi connectivity index (χ4n) is 7.67. The number of hydrogen-bond donors (Lipinski definition) is 2. The second-order valence-electron chi connectivity index (χ2n) is 14.1. The van der Waals surface area contributed by atoms with E-state index in [1.54, 1.807) is 36.4 Å². The minimum Gasteiger partial charge on any atom is -0.465 e. The number of aliphatic imine (C=N–C) groups is 2. The number of benzene rings is 2. The highest BCUT2D eigenvalue weighted by Crippen LogP contribution is 2.55. The molecule has 7 heterocycles. The van der Waals surface area contributed by atoms with Gasteiger partial charge in [0.2, 0.25) is 0 Å². The molecule has 2 aromatic carbocycles. The third-order valence-electron chi connectivity index (χ3n) is 10.4. The van der Waals surface area contributed by atoms with E-state index in [0.29, 0.717) is 70.7 Å². The Hall–Kier alpha value is -5.38. The van der Waals surface area contributed by atoms with Crippen molar-refractivity contribution in [1.29, 1.82) is 0 Å². The number of aromatic nitrogens is 3. The van der Waals surface area contributed by atoms with Crippen molar-refractivity contribution in [3.05, 3.63) is 133 Å². The van der Waals surface area contributed by atoms with E-state index >= 15 is 4.39 Å². The molecule has 12 nitrogen and oxygen atoms in total. The lowest BCUT2D eigenvalue weighted by Gasteiger charge is -2.39. The van der Waals surface area contributed by atoms with Gasteiger partial charge in [-0.2, -0.15) is 8.78 Å². The molecule has 5 aliphatic rings. The summed E-state index contributed by atoms with van der Waals surface area (Å²) < 4.78 is 52.6. The van der Waals surface area contributed by atoms with Crippen LogP contribution in [0.15, 0.2) is 81.3 Å². The number of rotatable bonds is 4. The summed E-state index contributed by atoms with van der Waals surface area (Å²) in [6, 6.07) is 17.6. The van der Waals surface area contributed by atoms with Crippen LogP contribution in [0.4, 0.5) is 8.78 Å². The van der Waals surface area contributed by atoms with Crippen molar-refractivity contribution in [1.82, 2.24) is 15.0 Å². The number of ketones is 1. The van der Waals surface area contributed by atoms with Gasteiger partial charge in [-0.1, -0.05) is 45.2 Å². The molecular weight excluding hydrogens is 847 g/mol. The van der Waals surface area contributed by atoms with Crippen molar-refractivity contribution < 1.29 is 32.5 Å². The molecule has 290 valence electrons. The van der Waals surface area contributed by atoms with E-state index in [1.165, 1.54) is 6.20 Å². The molecule has 2 spiro atoms. The molecule has 4 aliphatic heterocycles. The number of fused-ring (bicyclic) bond motifs is 8. The van der Waals surface area contributed by atoms with Gasteiger partial charge in [0, 0.05) is 63.8 Å². The molecule has 5 aromatic rings. The Morgan fingerprint density at radius 2 is 1.40 bits per heavy atom. The molecule has 2 atom stereocenters. The Labute approximate surface area is 342 Å². The first-order valence-corrected chi connectivity index (χ1v) is 19.4. The van der Waals surface area contributed by atoms with Crippen LogP contribution in [0.3, 0.4) is 0 Å². The number of amidine groups is 2. The van der Waals surface area contributed by atoms with Gasteiger partial charge in [-0.25, -0.2) is 20.0 Å². The molecule has 0 bridgehead atoms. The molecule has 0 amide bonds. The molecule has 3 aromatic heterocycles. The van der Waals surface area contributed by atoms with Crippen LogP contribution in [0.25, 0.3) is 0 Å². The first kappa shape index (κ1) is 37.2. The quantitative estimate of drug-likeness (QED) is 0.132. The molecule has 1 saturated carbocycles. The highest BCUT2D eigenvalue weighted by atomic mass is 79.9. The van der Waals surface area contributed by atoms with E-state index in [1.807, 2.05) is 24.3 Å². The fraction of sp³-hybridized carbons (Fsp3) is 0.250. The van der Waals surface area contributed by atoms with Crippen LogP contribution in [0.5, 0.6) is 23.0 Å². The van der Waals surface area contributed by atoms with Gasteiger partial charge >= 0.3 is 0 Å². The Bertz CT molecular complexity index is 2560. The maximum atomic E-state index is 15.1. The molecular formula is C40H30BrCl2F2N7O5. The zero-order chi connectivity index (χ0) is 39.6. The zero-order valence-electron chi connectivity index (χ0n) is 29.7. The van der Waals surface area contributed by atoms with Crippen molar-refractivity contribution >= 4 is 57.0 Å². The molecule has 4 N–H and O–H groups in total. The van der Waals surface area contributed by atoms with Crippen molar-refractivity contribution in [3.8, 4) is 23.0 Å². The summed E-state index contributed by atoms with van der Waals surface area (Å²) in [5, 5.41) is 0.494. The summed E-state index contributed by atoms with van der Waals surface area (Å²) in [6.07, 6.45) is 4.46. The van der Waals surface area contributed by atoms with Crippen LogP contribution in [0.2, 0.25) is 10.2 Å². The molecule has 0 unspecified atom stereocenters. The van der Waals surface area contributed by atoms with Crippen LogP contribution < -0.4 is 20.9 Å². The largest absolute Gasteiger partial charge is 0.465 e. The summed E-state index contributed by atoms with van der Waals surface area (Å²) in [4.78, 5) is 33.9. The lowest BCUT2D eigenvalue weighted by Crippen LogP contribution is -2.39. The number of halogens is 5. The molecule has 57 heavy (non-hydrogen) atoms. The van der Waals surface area contributed by atoms with Gasteiger partial charge in [0.05, 0.1) is 18.2 Å². The first-order chi connectivity index (χ1) is 27.4. The average Bonchev–Trinajstić information content (AvgIpc) is 4.03. The van der Waals surface area contributed by atoms with E-state index in [2.05, 4.69) is 35.9 Å². The molecule has 0 saturated heterocycles. The number of nitrogens with zero attached hydrogens (tertiary/aromatic N) is 5.